The summed E-state index contributed by atoms with van der Waals surface area (Å²) >= 11 is 6.28. The van der Waals surface area contributed by atoms with Crippen molar-refractivity contribution < 1.29 is 24.2 Å². The fourth-order valence-corrected chi connectivity index (χ4v) is 6.65. The summed E-state index contributed by atoms with van der Waals surface area (Å²) in [7, 11) is 2.08. The van der Waals surface area contributed by atoms with E-state index < -0.39 is 11.7 Å². The number of alkyl halides is 1. The monoisotopic (exact) mass is 717 g/mol. The number of anilines is 3. The maximum atomic E-state index is 12.7. The number of amides is 2. The van der Waals surface area contributed by atoms with E-state index >= 15 is 0 Å². The second-order valence-electron chi connectivity index (χ2n) is 12.4. The van der Waals surface area contributed by atoms with Gasteiger partial charge in [-0.1, -0.05) is 13.8 Å². The normalized spacial score (nSPS) is 11.8. The molecule has 0 fully saturated rings. The first-order valence-corrected chi connectivity index (χ1v) is 17.9. The number of carbonyl (C=O) groups excluding carboxylic acids is 3. The van der Waals surface area contributed by atoms with E-state index in [2.05, 4.69) is 56.5 Å². The summed E-state index contributed by atoms with van der Waals surface area (Å²) in [6.07, 6.45) is 2.77. The molecule has 4 heterocycles. The molecule has 0 radical (unpaired) electrons. The first kappa shape index (κ1) is 37.8. The number of nitrogens with zero attached hydrogens (tertiary/aromatic N) is 1. The smallest absolute Gasteiger partial charge is 0.412 e. The van der Waals surface area contributed by atoms with Crippen LogP contribution in [0.3, 0.4) is 0 Å². The van der Waals surface area contributed by atoms with Crippen molar-refractivity contribution in [1.82, 2.24) is 9.97 Å². The van der Waals surface area contributed by atoms with Gasteiger partial charge in [0.2, 0.25) is 0 Å². The van der Waals surface area contributed by atoms with Crippen LogP contribution in [0.5, 0.6) is 5.75 Å². The number of aromatic amines is 2. The molecule has 50 heavy (non-hydrogen) atoms. The molecule has 5 N–H and O–H groups in total. The van der Waals surface area contributed by atoms with Gasteiger partial charge in [0.15, 0.2) is 6.29 Å². The van der Waals surface area contributed by atoms with E-state index in [1.807, 2.05) is 19.9 Å². The number of hydrogen-bond acceptors (Lipinski definition) is 7. The Kier molecular flexibility index (Phi) is 12.2. The van der Waals surface area contributed by atoms with Crippen molar-refractivity contribution in [2.24, 2.45) is 0 Å². The van der Waals surface area contributed by atoms with Crippen LogP contribution in [0, 0.1) is 6.92 Å². The number of halogens is 1. The van der Waals surface area contributed by atoms with Crippen molar-refractivity contribution in [1.29, 1.82) is 0 Å². The van der Waals surface area contributed by atoms with Crippen molar-refractivity contribution in [3.8, 4) is 5.75 Å². The van der Waals surface area contributed by atoms with E-state index in [0.29, 0.717) is 28.5 Å². The minimum Gasteiger partial charge on any atom is -0.506 e. The van der Waals surface area contributed by atoms with Gasteiger partial charge in [0, 0.05) is 70.3 Å². The van der Waals surface area contributed by atoms with Crippen LogP contribution in [0.2, 0.25) is 0 Å². The predicted molar refractivity (Wildman–Crippen MR) is 208 cm³/mol. The zero-order valence-electron chi connectivity index (χ0n) is 29.6. The Balaban J connectivity index is 0.000000246. The van der Waals surface area contributed by atoms with Crippen molar-refractivity contribution in [3.63, 3.8) is 0 Å². The maximum Gasteiger partial charge on any atom is 0.412 e. The highest BCUT2D eigenvalue weighted by molar-refractivity contribution is 7.17. The average molecular weight is 718 g/mol. The van der Waals surface area contributed by atoms with Gasteiger partial charge in [0.05, 0.1) is 10.4 Å². The van der Waals surface area contributed by atoms with Gasteiger partial charge in [-0.05, 0) is 99.2 Å². The minimum absolute atomic E-state index is 0.302. The third-order valence-electron chi connectivity index (χ3n) is 7.74. The molecule has 12 heteroatoms. The summed E-state index contributed by atoms with van der Waals surface area (Å²) in [4.78, 5) is 43.9. The molecule has 0 saturated heterocycles. The molecule has 1 aliphatic rings. The first-order chi connectivity index (χ1) is 23.9. The number of nitrogens with one attached hydrogen (secondary N) is 4. The zero-order chi connectivity index (χ0) is 36.7. The zero-order valence-corrected chi connectivity index (χ0v) is 31.2. The summed E-state index contributed by atoms with van der Waals surface area (Å²) in [5.41, 5.74) is 6.91. The Labute approximate surface area is 300 Å². The molecule has 0 aliphatic carbocycles. The van der Waals surface area contributed by atoms with Crippen LogP contribution >= 0.6 is 22.9 Å². The SMILES string of the molecule is CC.CC(C)(C)OC(=O)Nc1ccc2[nH]c(C(=O)Nc3ccc4[nH]c(C=O)cc4c3)cc2c1.CCl.Cc1csc2c(O)cc3c(c12)CCN3C. The van der Waals surface area contributed by atoms with Crippen molar-refractivity contribution in [2.45, 2.75) is 53.6 Å². The molecular weight excluding hydrogens is 674 g/mol. The Morgan fingerprint density at radius 3 is 2.22 bits per heavy atom. The lowest BCUT2D eigenvalue weighted by atomic mass is 10.0. The maximum absolute atomic E-state index is 12.7. The van der Waals surface area contributed by atoms with Crippen LogP contribution < -0.4 is 15.5 Å². The highest BCUT2D eigenvalue weighted by Gasteiger charge is 2.22. The van der Waals surface area contributed by atoms with Crippen LogP contribution in [-0.4, -0.2) is 58.9 Å². The quantitative estimate of drug-likeness (QED) is 0.0909. The number of hydrogen-bond donors (Lipinski definition) is 5. The van der Waals surface area contributed by atoms with E-state index in [1.165, 1.54) is 28.6 Å². The van der Waals surface area contributed by atoms with Crippen molar-refractivity contribution >= 4 is 90.2 Å². The number of phenolic OH excluding ortho intramolecular Hbond substituents is 1. The highest BCUT2D eigenvalue weighted by Crippen LogP contribution is 2.43. The summed E-state index contributed by atoms with van der Waals surface area (Å²) < 4.78 is 6.30. The number of thiophene rings is 1. The predicted octanol–water partition coefficient (Wildman–Crippen LogP) is 9.85. The molecule has 7 rings (SSSR count). The fraction of sp³-hybridized carbons (Fsp3) is 0.289. The molecule has 2 amide bonds. The number of aromatic hydroxyl groups is 1. The number of phenols is 1. The van der Waals surface area contributed by atoms with Gasteiger partial charge < -0.3 is 30.0 Å². The van der Waals surface area contributed by atoms with Crippen LogP contribution in [0.25, 0.3) is 31.9 Å². The Morgan fingerprint density at radius 1 is 0.960 bits per heavy atom. The number of aryl methyl sites for hydroxylation is 1. The number of H-pyrrole nitrogens is 2. The fourth-order valence-electron chi connectivity index (χ4n) is 5.66. The molecule has 0 spiro atoms. The second-order valence-corrected chi connectivity index (χ2v) is 13.3. The van der Waals surface area contributed by atoms with E-state index in [1.54, 1.807) is 80.6 Å². The number of benzene rings is 3. The van der Waals surface area contributed by atoms with Gasteiger partial charge >= 0.3 is 6.09 Å². The van der Waals surface area contributed by atoms with Crippen LogP contribution in [0.4, 0.5) is 21.9 Å². The molecule has 3 aromatic heterocycles. The van der Waals surface area contributed by atoms with Gasteiger partial charge in [-0.2, -0.15) is 0 Å². The first-order valence-electron chi connectivity index (χ1n) is 16.2. The number of carbonyl (C=O) groups is 3. The Morgan fingerprint density at radius 2 is 1.58 bits per heavy atom. The third-order valence-corrected chi connectivity index (χ3v) is 8.86. The average Bonchev–Trinajstić information content (AvgIpc) is 3.87. The number of aldehydes is 1. The molecule has 0 saturated carbocycles. The van der Waals surface area contributed by atoms with E-state index in [0.717, 1.165) is 45.8 Å². The summed E-state index contributed by atoms with van der Waals surface area (Å²) in [6.45, 7) is 12.6. The van der Waals surface area contributed by atoms with Crippen LogP contribution in [0.1, 0.15) is 66.7 Å². The largest absolute Gasteiger partial charge is 0.506 e. The number of ether oxygens (including phenoxy) is 1. The number of fused-ring (bicyclic) bond motifs is 5. The molecule has 6 aromatic rings. The summed E-state index contributed by atoms with van der Waals surface area (Å²) in [6, 6.07) is 16.0. The lowest BCUT2D eigenvalue weighted by molar-refractivity contribution is 0.0635. The van der Waals surface area contributed by atoms with Gasteiger partial charge in [-0.3, -0.25) is 14.9 Å². The molecule has 0 atom stereocenters. The third kappa shape index (κ3) is 8.58. The molecule has 0 unspecified atom stereocenters. The minimum atomic E-state index is -0.592. The molecule has 10 nitrogen and oxygen atoms in total. The molecule has 0 bridgehead atoms. The summed E-state index contributed by atoms with van der Waals surface area (Å²) in [5.74, 6) is 0.124. The van der Waals surface area contributed by atoms with E-state index in [9.17, 15) is 19.5 Å². The standard InChI is InChI=1S/C23H22N4O4.C12H13NOS.C2H6.CH3Cl/c1-23(2,3)31-22(30)26-16-5-7-19-14(9-16)11-20(27-19)21(29)25-15-4-6-18-13(8-15)10-17(12-28)24-18;1-7-6-15-12-10(14)5-9-8(11(7)12)3-4-13(9)2;2*1-2/h4-12,24,27H,1-3H3,(H,25,29)(H,26,30);5-6,14H,3-4H2,1-2H3;1-2H3;1H3. The number of likely N-dealkylation sites (N-methyl/N-ethyl adjacent to an activating group) is 1. The summed E-state index contributed by atoms with van der Waals surface area (Å²) in [5, 5.41) is 20.5. The van der Waals surface area contributed by atoms with Crippen molar-refractivity contribution in [3.05, 3.63) is 82.5 Å². The molecule has 3 aromatic carbocycles. The van der Waals surface area contributed by atoms with Crippen LogP contribution in [-0.2, 0) is 11.2 Å². The van der Waals surface area contributed by atoms with Gasteiger partial charge in [-0.15, -0.1) is 22.9 Å². The Hall–Kier alpha value is -5.00. The highest BCUT2D eigenvalue weighted by atomic mass is 35.5. The van der Waals surface area contributed by atoms with Crippen LogP contribution in [0.15, 0.2) is 60.0 Å². The van der Waals surface area contributed by atoms with Gasteiger partial charge in [-0.25, -0.2) is 4.79 Å². The number of aromatic nitrogens is 2. The molecular formula is C38H44ClN5O5S. The second kappa shape index (κ2) is 16.1. The molecule has 1 aliphatic heterocycles. The number of rotatable bonds is 4. The van der Waals surface area contributed by atoms with E-state index in [4.69, 9.17) is 4.74 Å². The van der Waals surface area contributed by atoms with Crippen molar-refractivity contribution in [2.75, 3.05) is 35.5 Å². The van der Waals surface area contributed by atoms with E-state index in [-0.39, 0.29) is 5.91 Å². The Bertz CT molecular complexity index is 2140. The topological polar surface area (TPSA) is 140 Å². The lowest BCUT2D eigenvalue weighted by Crippen LogP contribution is -2.27. The van der Waals surface area contributed by atoms with Gasteiger partial charge in [0.1, 0.15) is 17.0 Å². The lowest BCUT2D eigenvalue weighted by Gasteiger charge is -2.19. The van der Waals surface area contributed by atoms with Gasteiger partial charge in [0.25, 0.3) is 5.91 Å². The molecule has 264 valence electrons.